The van der Waals surface area contributed by atoms with E-state index in [2.05, 4.69) is 0 Å². The second kappa shape index (κ2) is 6.85. The smallest absolute Gasteiger partial charge is 0.344 e. The molecule has 1 aromatic carbocycles. The number of benzene rings is 1. The number of carbonyl (C=O) groups is 1. The van der Waals surface area contributed by atoms with Gasteiger partial charge >= 0.3 is 5.97 Å². The molecule has 7 nitrogen and oxygen atoms in total. The molecule has 110 valence electrons. The zero-order valence-electron chi connectivity index (χ0n) is 11.3. The summed E-state index contributed by atoms with van der Waals surface area (Å²) in [5.41, 5.74) is 0.0113. The molecule has 0 radical (unpaired) electrons. The van der Waals surface area contributed by atoms with Gasteiger partial charge in [-0.25, -0.2) is 4.79 Å². The van der Waals surface area contributed by atoms with Crippen molar-refractivity contribution in [1.82, 2.24) is 0 Å². The first kappa shape index (κ1) is 15.9. The monoisotopic (exact) mass is 283 g/mol. The van der Waals surface area contributed by atoms with Gasteiger partial charge in [-0.2, -0.15) is 0 Å². The third kappa shape index (κ3) is 3.92. The van der Waals surface area contributed by atoms with Crippen molar-refractivity contribution in [3.63, 3.8) is 0 Å². The molecular formula is C13H17NO6. The Bertz CT molecular complexity index is 500. The van der Waals surface area contributed by atoms with Crippen LogP contribution in [-0.4, -0.2) is 27.2 Å². The van der Waals surface area contributed by atoms with Crippen LogP contribution in [0.15, 0.2) is 18.2 Å². The third-order valence-corrected chi connectivity index (χ3v) is 2.75. The lowest BCUT2D eigenvalue weighted by Gasteiger charge is -2.18. The number of rotatable bonds is 7. The molecule has 0 aliphatic heterocycles. The Morgan fingerprint density at radius 1 is 1.50 bits per heavy atom. The lowest BCUT2D eigenvalue weighted by Crippen LogP contribution is -2.27. The molecular weight excluding hydrogens is 266 g/mol. The average Bonchev–Trinajstić information content (AvgIpc) is 2.37. The highest BCUT2D eigenvalue weighted by Gasteiger charge is 2.22. The van der Waals surface area contributed by atoms with Crippen LogP contribution < -0.4 is 4.74 Å². The van der Waals surface area contributed by atoms with E-state index in [1.807, 2.05) is 6.92 Å². The fourth-order valence-electron chi connectivity index (χ4n) is 1.73. The number of nitrogens with zero attached hydrogens (tertiary/aromatic N) is 1. The highest BCUT2D eigenvalue weighted by Crippen LogP contribution is 2.30. The summed E-state index contributed by atoms with van der Waals surface area (Å²) in [6.45, 7) is 3.26. The predicted molar refractivity (Wildman–Crippen MR) is 70.7 cm³/mol. The van der Waals surface area contributed by atoms with E-state index in [9.17, 15) is 20.0 Å². The number of non-ortho nitro benzene ring substituents is 1. The standard InChI is InChI=1S/C13H17NO6/c1-3-4-12(13(16)17)20-11-6-5-9(14(18)19)7-10(11)8(2)15/h5-8,12,15H,3-4H2,1-2H3,(H,16,17)/t8-,12?/m0/s1. The third-order valence-electron chi connectivity index (χ3n) is 2.75. The Labute approximate surface area is 116 Å². The van der Waals surface area contributed by atoms with Gasteiger partial charge in [0.05, 0.1) is 11.0 Å². The van der Waals surface area contributed by atoms with Crippen molar-refractivity contribution in [1.29, 1.82) is 0 Å². The molecule has 20 heavy (non-hydrogen) atoms. The highest BCUT2D eigenvalue weighted by molar-refractivity contribution is 5.72. The van der Waals surface area contributed by atoms with E-state index in [0.29, 0.717) is 12.8 Å². The highest BCUT2D eigenvalue weighted by atomic mass is 16.6. The van der Waals surface area contributed by atoms with Crippen molar-refractivity contribution >= 4 is 11.7 Å². The van der Waals surface area contributed by atoms with E-state index in [1.165, 1.54) is 25.1 Å². The molecule has 0 fully saturated rings. The predicted octanol–water partition coefficient (Wildman–Crippen LogP) is 2.28. The van der Waals surface area contributed by atoms with Crippen LogP contribution in [0.2, 0.25) is 0 Å². The van der Waals surface area contributed by atoms with Gasteiger partial charge in [0.1, 0.15) is 5.75 Å². The zero-order chi connectivity index (χ0) is 15.3. The average molecular weight is 283 g/mol. The molecule has 1 rings (SSSR count). The minimum Gasteiger partial charge on any atom is -0.479 e. The van der Waals surface area contributed by atoms with E-state index < -0.39 is 23.1 Å². The SMILES string of the molecule is CCCC(Oc1ccc([N+](=O)[O-])cc1[C@H](C)O)C(=O)O. The first-order valence-electron chi connectivity index (χ1n) is 6.22. The van der Waals surface area contributed by atoms with Gasteiger partial charge < -0.3 is 14.9 Å². The fourth-order valence-corrected chi connectivity index (χ4v) is 1.73. The van der Waals surface area contributed by atoms with Gasteiger partial charge in [0.15, 0.2) is 6.10 Å². The number of ether oxygens (including phenoxy) is 1. The number of aliphatic hydroxyl groups is 1. The Morgan fingerprint density at radius 3 is 2.60 bits per heavy atom. The lowest BCUT2D eigenvalue weighted by atomic mass is 10.1. The lowest BCUT2D eigenvalue weighted by molar-refractivity contribution is -0.385. The Balaban J connectivity index is 3.10. The van der Waals surface area contributed by atoms with Crippen LogP contribution in [0.3, 0.4) is 0 Å². The van der Waals surface area contributed by atoms with E-state index in [4.69, 9.17) is 9.84 Å². The zero-order valence-corrected chi connectivity index (χ0v) is 11.3. The molecule has 0 amide bonds. The summed E-state index contributed by atoms with van der Waals surface area (Å²) < 4.78 is 5.36. The molecule has 2 atom stereocenters. The minimum absolute atomic E-state index is 0.145. The normalized spacial score (nSPS) is 13.6. The number of nitro benzene ring substituents is 1. The fraction of sp³-hybridized carbons (Fsp3) is 0.462. The van der Waals surface area contributed by atoms with Crippen molar-refractivity contribution in [3.05, 3.63) is 33.9 Å². The molecule has 2 N–H and O–H groups in total. The maximum Gasteiger partial charge on any atom is 0.344 e. The van der Waals surface area contributed by atoms with Crippen molar-refractivity contribution in [2.45, 2.75) is 38.9 Å². The van der Waals surface area contributed by atoms with Crippen LogP contribution in [0, 0.1) is 10.1 Å². The molecule has 0 bridgehead atoms. The van der Waals surface area contributed by atoms with Gasteiger partial charge in [-0.3, -0.25) is 10.1 Å². The molecule has 0 saturated heterocycles. The van der Waals surface area contributed by atoms with E-state index in [-0.39, 0.29) is 17.0 Å². The quantitative estimate of drug-likeness (QED) is 0.586. The second-order valence-corrected chi connectivity index (χ2v) is 4.39. The first-order valence-corrected chi connectivity index (χ1v) is 6.22. The summed E-state index contributed by atoms with van der Waals surface area (Å²) in [5, 5.41) is 29.4. The molecule has 7 heteroatoms. The Morgan fingerprint density at radius 2 is 2.15 bits per heavy atom. The molecule has 0 aliphatic rings. The van der Waals surface area contributed by atoms with Crippen LogP contribution in [-0.2, 0) is 4.79 Å². The number of carboxylic acids is 1. The largest absolute Gasteiger partial charge is 0.479 e. The Kier molecular flexibility index (Phi) is 5.45. The maximum absolute atomic E-state index is 11.1. The number of carboxylic acid groups (broad SMARTS) is 1. The van der Waals surface area contributed by atoms with Gasteiger partial charge in [0.25, 0.3) is 5.69 Å². The minimum atomic E-state index is -1.11. The molecule has 1 unspecified atom stereocenters. The van der Waals surface area contributed by atoms with Crippen molar-refractivity contribution < 1.29 is 24.7 Å². The first-order chi connectivity index (χ1) is 9.36. The second-order valence-electron chi connectivity index (χ2n) is 4.39. The molecule has 0 saturated carbocycles. The van der Waals surface area contributed by atoms with Gasteiger partial charge in [-0.1, -0.05) is 13.3 Å². The van der Waals surface area contributed by atoms with Gasteiger partial charge in [-0.05, 0) is 19.4 Å². The summed E-state index contributed by atoms with van der Waals surface area (Å²) in [7, 11) is 0. The maximum atomic E-state index is 11.1. The van der Waals surface area contributed by atoms with Crippen molar-refractivity contribution in [2.24, 2.45) is 0 Å². The summed E-state index contributed by atoms with van der Waals surface area (Å²) in [6.07, 6.45) is -1.11. The number of nitro groups is 1. The number of aliphatic hydroxyl groups excluding tert-OH is 1. The van der Waals surface area contributed by atoms with Gasteiger partial charge in [-0.15, -0.1) is 0 Å². The van der Waals surface area contributed by atoms with Crippen molar-refractivity contribution in [2.75, 3.05) is 0 Å². The van der Waals surface area contributed by atoms with Crippen LogP contribution in [0.4, 0.5) is 5.69 Å². The Hall–Kier alpha value is -2.15. The topological polar surface area (TPSA) is 110 Å². The van der Waals surface area contributed by atoms with Gasteiger partial charge in [0, 0.05) is 17.7 Å². The molecule has 0 heterocycles. The van der Waals surface area contributed by atoms with E-state index in [1.54, 1.807) is 0 Å². The van der Waals surface area contributed by atoms with Crippen LogP contribution in [0.5, 0.6) is 5.75 Å². The molecule has 0 aromatic heterocycles. The summed E-state index contributed by atoms with van der Waals surface area (Å²) >= 11 is 0. The van der Waals surface area contributed by atoms with Crippen molar-refractivity contribution in [3.8, 4) is 5.75 Å². The molecule has 0 spiro atoms. The van der Waals surface area contributed by atoms with Gasteiger partial charge in [0.2, 0.25) is 0 Å². The summed E-state index contributed by atoms with van der Waals surface area (Å²) in [6, 6.07) is 3.71. The van der Waals surface area contributed by atoms with Crippen LogP contribution >= 0.6 is 0 Å². The summed E-state index contributed by atoms with van der Waals surface area (Å²) in [4.78, 5) is 21.2. The molecule has 0 aliphatic carbocycles. The van der Waals surface area contributed by atoms with Crippen LogP contribution in [0.25, 0.3) is 0 Å². The number of aliphatic carboxylic acids is 1. The molecule has 1 aromatic rings. The van der Waals surface area contributed by atoms with Crippen LogP contribution in [0.1, 0.15) is 38.4 Å². The van der Waals surface area contributed by atoms with E-state index in [0.717, 1.165) is 0 Å². The number of hydrogen-bond acceptors (Lipinski definition) is 5. The summed E-state index contributed by atoms with van der Waals surface area (Å²) in [5.74, 6) is -0.965. The number of hydrogen-bond donors (Lipinski definition) is 2. The van der Waals surface area contributed by atoms with E-state index >= 15 is 0 Å².